The van der Waals surface area contributed by atoms with Crippen LogP contribution in [0.1, 0.15) is 53.2 Å². The molecule has 2 aromatic heterocycles. The highest BCUT2D eigenvalue weighted by atomic mass is 16.1. The van der Waals surface area contributed by atoms with E-state index in [0.717, 1.165) is 40.8 Å². The Labute approximate surface area is 186 Å². The van der Waals surface area contributed by atoms with Crippen molar-refractivity contribution in [1.82, 2.24) is 19.9 Å². The largest absolute Gasteiger partial charge is 0.380 e. The van der Waals surface area contributed by atoms with E-state index >= 15 is 0 Å². The fourth-order valence-electron chi connectivity index (χ4n) is 4.56. The molecule has 0 unspecified atom stereocenters. The maximum Gasteiger partial charge on any atom is 0.307 e. The number of hydrogen-bond acceptors (Lipinski definition) is 4. The Morgan fingerprint density at radius 3 is 2.62 bits per heavy atom. The Balaban J connectivity index is 1.39. The van der Waals surface area contributed by atoms with Gasteiger partial charge in [0.2, 0.25) is 5.52 Å². The van der Waals surface area contributed by atoms with Crippen LogP contribution in [0.15, 0.2) is 61.2 Å². The van der Waals surface area contributed by atoms with Gasteiger partial charge in [0.15, 0.2) is 18.5 Å². The molecular weight excluding hydrogens is 400 g/mol. The molecule has 1 saturated carbocycles. The van der Waals surface area contributed by atoms with Gasteiger partial charge in [-0.3, -0.25) is 4.79 Å². The number of rotatable bonds is 5. The fraction of sp³-hybridized carbons (Fsp3) is 0.280. The van der Waals surface area contributed by atoms with Gasteiger partial charge in [0.1, 0.15) is 5.69 Å². The number of nitrogens with one attached hydrogen (secondary N) is 1. The van der Waals surface area contributed by atoms with Gasteiger partial charge in [0, 0.05) is 12.1 Å². The number of nitrogens with two attached hydrogens (primary N) is 1. The summed E-state index contributed by atoms with van der Waals surface area (Å²) in [5, 5.41) is 3.01. The standard InChI is InChI=1S/C25H26N6O/c1-17-6-2-5-9-21(17)25(32)27-14-18-10-12-20(13-11-18)30-16-31(19-7-3-4-8-19)24-22(30)23(26)28-15-29-24/h2,5-6,9-13,15-16,19H,3-4,7-8,14H2,1H3,(H2-,26,27,28,29,32)/p+1. The summed E-state index contributed by atoms with van der Waals surface area (Å²) in [6, 6.07) is 16.2. The molecule has 2 aromatic carbocycles. The topological polar surface area (TPSA) is 89.7 Å². The summed E-state index contributed by atoms with van der Waals surface area (Å²) in [4.78, 5) is 21.3. The van der Waals surface area contributed by atoms with Crippen molar-refractivity contribution >= 4 is 22.9 Å². The van der Waals surface area contributed by atoms with E-state index in [0.29, 0.717) is 24.0 Å². The highest BCUT2D eigenvalue weighted by Crippen LogP contribution is 2.28. The molecular formula is C25H27N6O+. The Bertz CT molecular complexity index is 1270. The smallest absolute Gasteiger partial charge is 0.307 e. The first-order valence-electron chi connectivity index (χ1n) is 11.1. The van der Waals surface area contributed by atoms with Crippen LogP contribution in [0.4, 0.5) is 5.82 Å². The van der Waals surface area contributed by atoms with E-state index in [4.69, 9.17) is 5.73 Å². The summed E-state index contributed by atoms with van der Waals surface area (Å²) in [6.45, 7) is 2.41. The predicted molar refractivity (Wildman–Crippen MR) is 123 cm³/mol. The molecule has 4 aromatic rings. The van der Waals surface area contributed by atoms with E-state index in [1.54, 1.807) is 0 Å². The van der Waals surface area contributed by atoms with Crippen LogP contribution in [0.5, 0.6) is 0 Å². The lowest BCUT2D eigenvalue weighted by Gasteiger charge is -2.08. The molecule has 32 heavy (non-hydrogen) atoms. The number of nitrogens with zero attached hydrogens (tertiary/aromatic N) is 4. The molecule has 0 radical (unpaired) electrons. The maximum absolute atomic E-state index is 12.5. The highest BCUT2D eigenvalue weighted by Gasteiger charge is 2.28. The molecule has 1 fully saturated rings. The van der Waals surface area contributed by atoms with Crippen LogP contribution >= 0.6 is 0 Å². The van der Waals surface area contributed by atoms with Gasteiger partial charge in [-0.15, -0.1) is 0 Å². The zero-order valence-electron chi connectivity index (χ0n) is 18.2. The number of anilines is 1. The summed E-state index contributed by atoms with van der Waals surface area (Å²) in [6.07, 6.45) is 8.44. The third kappa shape index (κ3) is 3.70. The molecule has 1 amide bonds. The van der Waals surface area contributed by atoms with Crippen molar-refractivity contribution in [2.24, 2.45) is 0 Å². The number of benzene rings is 2. The van der Waals surface area contributed by atoms with E-state index in [1.165, 1.54) is 19.2 Å². The Hall–Kier alpha value is -3.74. The molecule has 3 N–H and O–H groups in total. The molecule has 162 valence electrons. The predicted octanol–water partition coefficient (Wildman–Crippen LogP) is 3.64. The molecule has 0 saturated heterocycles. The Kier molecular flexibility index (Phi) is 5.31. The number of imidazole rings is 1. The van der Waals surface area contributed by atoms with E-state index in [1.807, 2.05) is 55.5 Å². The van der Waals surface area contributed by atoms with Crippen LogP contribution in [0.25, 0.3) is 16.9 Å². The fourth-order valence-corrected chi connectivity index (χ4v) is 4.56. The van der Waals surface area contributed by atoms with Gasteiger partial charge < -0.3 is 11.1 Å². The van der Waals surface area contributed by atoms with E-state index in [2.05, 4.69) is 30.7 Å². The van der Waals surface area contributed by atoms with Crippen molar-refractivity contribution in [3.63, 3.8) is 0 Å². The summed E-state index contributed by atoms with van der Waals surface area (Å²) in [5.74, 6) is 0.410. The van der Waals surface area contributed by atoms with Gasteiger partial charge in [-0.25, -0.2) is 9.13 Å². The lowest BCUT2D eigenvalue weighted by atomic mass is 10.1. The highest BCUT2D eigenvalue weighted by molar-refractivity contribution is 5.95. The zero-order valence-corrected chi connectivity index (χ0v) is 18.2. The maximum atomic E-state index is 12.5. The van der Waals surface area contributed by atoms with Crippen molar-refractivity contribution in [3.05, 3.63) is 77.9 Å². The van der Waals surface area contributed by atoms with E-state index in [9.17, 15) is 4.79 Å². The van der Waals surface area contributed by atoms with Gasteiger partial charge in [-0.1, -0.05) is 35.3 Å². The summed E-state index contributed by atoms with van der Waals surface area (Å²) in [7, 11) is 0. The molecule has 1 aliphatic rings. The average molecular weight is 428 g/mol. The molecule has 0 aliphatic heterocycles. The SMILES string of the molecule is Cc1ccccc1C(=O)NCc1ccc(-n2c[n+](C3CCCC3)c3ncnc(N)c32)cc1. The lowest BCUT2D eigenvalue weighted by Crippen LogP contribution is -2.37. The number of aryl methyl sites for hydroxylation is 1. The van der Waals surface area contributed by atoms with Crippen LogP contribution in [-0.4, -0.2) is 20.4 Å². The Morgan fingerprint density at radius 2 is 1.88 bits per heavy atom. The molecule has 0 spiro atoms. The second kappa shape index (κ2) is 8.42. The van der Waals surface area contributed by atoms with Gasteiger partial charge in [-0.05, 0) is 61.9 Å². The number of hydrogen-bond donors (Lipinski definition) is 2. The second-order valence-corrected chi connectivity index (χ2v) is 8.43. The quantitative estimate of drug-likeness (QED) is 0.476. The van der Waals surface area contributed by atoms with Crippen LogP contribution in [0.2, 0.25) is 0 Å². The average Bonchev–Trinajstić information content (AvgIpc) is 3.47. The van der Waals surface area contributed by atoms with Crippen LogP contribution in [0.3, 0.4) is 0 Å². The summed E-state index contributed by atoms with van der Waals surface area (Å²) < 4.78 is 4.31. The third-order valence-electron chi connectivity index (χ3n) is 6.33. The van der Waals surface area contributed by atoms with Gasteiger partial charge in [-0.2, -0.15) is 4.98 Å². The first-order valence-corrected chi connectivity index (χ1v) is 11.1. The number of carbonyl (C=O) groups is 1. The molecule has 0 bridgehead atoms. The monoisotopic (exact) mass is 427 g/mol. The molecule has 2 heterocycles. The lowest BCUT2D eigenvalue weighted by molar-refractivity contribution is -0.699. The minimum Gasteiger partial charge on any atom is -0.380 e. The third-order valence-corrected chi connectivity index (χ3v) is 6.33. The first kappa shape index (κ1) is 20.2. The van der Waals surface area contributed by atoms with Gasteiger partial charge in [0.25, 0.3) is 5.91 Å². The molecule has 0 atom stereocenters. The van der Waals surface area contributed by atoms with Crippen LogP contribution in [0, 0.1) is 6.92 Å². The van der Waals surface area contributed by atoms with Gasteiger partial charge >= 0.3 is 5.65 Å². The van der Waals surface area contributed by atoms with Crippen molar-refractivity contribution in [1.29, 1.82) is 0 Å². The van der Waals surface area contributed by atoms with E-state index < -0.39 is 0 Å². The number of fused-ring (bicyclic) bond motifs is 1. The first-order chi connectivity index (χ1) is 15.6. The number of carbonyl (C=O) groups excluding carboxylic acids is 1. The minimum atomic E-state index is -0.0638. The summed E-state index contributed by atoms with van der Waals surface area (Å²) in [5.41, 5.74) is 11.6. The molecule has 7 nitrogen and oxygen atoms in total. The van der Waals surface area contributed by atoms with Crippen LogP contribution in [-0.2, 0) is 6.54 Å². The van der Waals surface area contributed by atoms with Crippen molar-refractivity contribution < 1.29 is 9.36 Å². The van der Waals surface area contributed by atoms with Crippen molar-refractivity contribution in [2.45, 2.75) is 45.2 Å². The normalized spacial score (nSPS) is 14.2. The Morgan fingerprint density at radius 1 is 1.12 bits per heavy atom. The van der Waals surface area contributed by atoms with Crippen molar-refractivity contribution in [2.75, 3.05) is 5.73 Å². The number of aromatic nitrogens is 4. The molecule has 7 heteroatoms. The number of amides is 1. The van der Waals surface area contributed by atoms with Crippen molar-refractivity contribution in [3.8, 4) is 5.69 Å². The second-order valence-electron chi connectivity index (χ2n) is 8.43. The van der Waals surface area contributed by atoms with Gasteiger partial charge in [0.05, 0.1) is 6.04 Å². The van der Waals surface area contributed by atoms with E-state index in [-0.39, 0.29) is 5.91 Å². The zero-order chi connectivity index (χ0) is 22.1. The number of nitrogen functional groups attached to an aromatic ring is 1. The molecule has 1 aliphatic carbocycles. The summed E-state index contributed by atoms with van der Waals surface area (Å²) >= 11 is 0. The van der Waals surface area contributed by atoms with Crippen LogP contribution < -0.4 is 15.6 Å². The minimum absolute atomic E-state index is 0.0638. The molecule has 5 rings (SSSR count).